The molecular weight excluding hydrogens is 288 g/mol. The van der Waals surface area contributed by atoms with Crippen molar-refractivity contribution in [3.8, 4) is 0 Å². The van der Waals surface area contributed by atoms with E-state index in [1.807, 2.05) is 36.5 Å². The summed E-state index contributed by atoms with van der Waals surface area (Å²) in [5.74, 6) is 0. The highest BCUT2D eigenvalue weighted by Gasteiger charge is 2.14. The summed E-state index contributed by atoms with van der Waals surface area (Å²) in [6, 6.07) is 9.88. The Bertz CT molecular complexity index is 963. The maximum atomic E-state index is 11.4. The normalized spacial score (nSPS) is 16.7. The molecule has 2 aromatic heterocycles. The first-order chi connectivity index (χ1) is 11.3. The number of H-pyrrole nitrogens is 2. The van der Waals surface area contributed by atoms with E-state index in [1.54, 1.807) is 6.20 Å². The summed E-state index contributed by atoms with van der Waals surface area (Å²) in [5.41, 5.74) is 5.80. The number of benzene rings is 1. The summed E-state index contributed by atoms with van der Waals surface area (Å²) in [7, 11) is 0. The van der Waals surface area contributed by atoms with Gasteiger partial charge in [0.25, 0.3) is 0 Å². The largest absolute Gasteiger partial charge is 0.323 e. The monoisotopic (exact) mass is 304 g/mol. The van der Waals surface area contributed by atoms with Gasteiger partial charge in [-0.3, -0.25) is 9.98 Å². The second-order valence-corrected chi connectivity index (χ2v) is 5.63. The van der Waals surface area contributed by atoms with E-state index in [-0.39, 0.29) is 5.69 Å². The van der Waals surface area contributed by atoms with Gasteiger partial charge in [-0.05, 0) is 54.3 Å². The van der Waals surface area contributed by atoms with Gasteiger partial charge in [0, 0.05) is 24.5 Å². The predicted octanol–water partition coefficient (Wildman–Crippen LogP) is 2.92. The van der Waals surface area contributed by atoms with Crippen molar-refractivity contribution in [2.45, 2.75) is 12.8 Å². The third-order valence-corrected chi connectivity index (χ3v) is 3.99. The van der Waals surface area contributed by atoms with Crippen LogP contribution in [0.1, 0.15) is 24.0 Å². The van der Waals surface area contributed by atoms with E-state index in [1.165, 1.54) is 5.57 Å². The average molecular weight is 304 g/mol. The third kappa shape index (κ3) is 2.73. The molecule has 0 bridgehead atoms. The lowest BCUT2D eigenvalue weighted by atomic mass is 9.95. The minimum atomic E-state index is -0.180. The fourth-order valence-electron chi connectivity index (χ4n) is 2.94. The maximum Gasteiger partial charge on any atom is 0.323 e. The number of pyridine rings is 1. The van der Waals surface area contributed by atoms with Crippen molar-refractivity contribution >= 4 is 22.8 Å². The maximum absolute atomic E-state index is 11.4. The van der Waals surface area contributed by atoms with Crippen molar-refractivity contribution in [2.75, 3.05) is 6.54 Å². The molecule has 5 heteroatoms. The lowest BCUT2D eigenvalue weighted by molar-refractivity contribution is 0.818. The number of aliphatic imine (C=N–C) groups is 1. The highest BCUT2D eigenvalue weighted by molar-refractivity contribution is 6.15. The molecule has 5 nitrogen and oxygen atoms in total. The first-order valence-corrected chi connectivity index (χ1v) is 7.67. The fourth-order valence-corrected chi connectivity index (χ4v) is 2.94. The molecule has 1 aromatic carbocycles. The van der Waals surface area contributed by atoms with Crippen molar-refractivity contribution in [1.29, 1.82) is 0 Å². The summed E-state index contributed by atoms with van der Waals surface area (Å²) in [5, 5.41) is 0. The van der Waals surface area contributed by atoms with Gasteiger partial charge in [-0.2, -0.15) is 0 Å². The number of aromatic amines is 2. The van der Waals surface area contributed by atoms with Crippen molar-refractivity contribution in [1.82, 2.24) is 15.0 Å². The quantitative estimate of drug-likeness (QED) is 0.764. The van der Waals surface area contributed by atoms with E-state index < -0.39 is 0 Å². The van der Waals surface area contributed by atoms with Crippen LogP contribution < -0.4 is 5.69 Å². The Hall–Kier alpha value is -2.95. The number of imidazole rings is 1. The Morgan fingerprint density at radius 1 is 1.13 bits per heavy atom. The molecule has 0 saturated heterocycles. The molecular formula is C18H16N4O. The number of allylic oxidation sites excluding steroid dienone is 1. The van der Waals surface area contributed by atoms with Crippen LogP contribution in [0.3, 0.4) is 0 Å². The smallest absolute Gasteiger partial charge is 0.306 e. The van der Waals surface area contributed by atoms with E-state index >= 15 is 0 Å². The number of fused-ring (bicyclic) bond motifs is 1. The van der Waals surface area contributed by atoms with Gasteiger partial charge in [0.2, 0.25) is 0 Å². The van der Waals surface area contributed by atoms with Gasteiger partial charge in [-0.25, -0.2) is 4.79 Å². The molecule has 1 aliphatic heterocycles. The number of rotatable bonds is 2. The first-order valence-electron chi connectivity index (χ1n) is 7.67. The Morgan fingerprint density at radius 3 is 2.91 bits per heavy atom. The van der Waals surface area contributed by atoms with Crippen molar-refractivity contribution in [3.63, 3.8) is 0 Å². The van der Waals surface area contributed by atoms with Gasteiger partial charge in [-0.15, -0.1) is 0 Å². The molecule has 0 atom stereocenters. The Morgan fingerprint density at radius 2 is 2.04 bits per heavy atom. The highest BCUT2D eigenvalue weighted by Crippen LogP contribution is 2.22. The summed E-state index contributed by atoms with van der Waals surface area (Å²) >= 11 is 0. The van der Waals surface area contributed by atoms with Crippen molar-refractivity contribution < 1.29 is 0 Å². The first kappa shape index (κ1) is 13.7. The molecule has 0 radical (unpaired) electrons. The zero-order valence-electron chi connectivity index (χ0n) is 12.5. The summed E-state index contributed by atoms with van der Waals surface area (Å²) in [6.07, 6.45) is 7.82. The van der Waals surface area contributed by atoms with Gasteiger partial charge in [-0.1, -0.05) is 6.07 Å². The van der Waals surface area contributed by atoms with Gasteiger partial charge < -0.3 is 9.97 Å². The van der Waals surface area contributed by atoms with E-state index in [9.17, 15) is 4.79 Å². The van der Waals surface area contributed by atoms with Gasteiger partial charge in [0.15, 0.2) is 0 Å². The topological polar surface area (TPSA) is 73.9 Å². The standard InChI is InChI=1S/C18H16N4O/c23-18-21-15-6-5-12(10-16(15)22-18)9-13-3-2-8-20-17(13)14-4-1-7-19-11-14/h1,4-7,9-11H,2-3,8H2,(H2,21,22,23). The highest BCUT2D eigenvalue weighted by atomic mass is 16.1. The molecule has 4 rings (SSSR count). The van der Waals surface area contributed by atoms with E-state index in [4.69, 9.17) is 0 Å². The molecule has 3 heterocycles. The molecule has 23 heavy (non-hydrogen) atoms. The van der Waals surface area contributed by atoms with Crippen molar-refractivity contribution in [3.05, 3.63) is 69.9 Å². The van der Waals surface area contributed by atoms with E-state index in [2.05, 4.69) is 26.0 Å². The van der Waals surface area contributed by atoms with Crippen LogP contribution in [0.4, 0.5) is 0 Å². The second kappa shape index (κ2) is 5.68. The molecule has 0 aliphatic carbocycles. The summed E-state index contributed by atoms with van der Waals surface area (Å²) < 4.78 is 0. The lowest BCUT2D eigenvalue weighted by Crippen LogP contribution is -2.11. The van der Waals surface area contributed by atoms with Crippen LogP contribution in [0.15, 0.2) is 58.1 Å². The van der Waals surface area contributed by atoms with Crippen LogP contribution in [0, 0.1) is 0 Å². The minimum absolute atomic E-state index is 0.180. The van der Waals surface area contributed by atoms with Gasteiger partial charge >= 0.3 is 5.69 Å². The van der Waals surface area contributed by atoms with Crippen LogP contribution in [0.5, 0.6) is 0 Å². The molecule has 2 N–H and O–H groups in total. The number of nitrogens with one attached hydrogen (secondary N) is 2. The molecule has 0 amide bonds. The van der Waals surface area contributed by atoms with Gasteiger partial charge in [0.1, 0.15) is 0 Å². The number of hydrogen-bond acceptors (Lipinski definition) is 3. The van der Waals surface area contributed by atoms with Crippen LogP contribution >= 0.6 is 0 Å². The molecule has 3 aromatic rings. The molecule has 0 saturated carbocycles. The zero-order valence-corrected chi connectivity index (χ0v) is 12.5. The van der Waals surface area contributed by atoms with E-state index in [0.29, 0.717) is 0 Å². The van der Waals surface area contributed by atoms with Crippen LogP contribution in [-0.4, -0.2) is 27.2 Å². The number of nitrogens with zero attached hydrogens (tertiary/aromatic N) is 2. The average Bonchev–Trinajstić information content (AvgIpc) is 2.95. The van der Waals surface area contributed by atoms with Crippen LogP contribution in [-0.2, 0) is 0 Å². The summed E-state index contributed by atoms with van der Waals surface area (Å²) in [4.78, 5) is 25.8. The van der Waals surface area contributed by atoms with Crippen molar-refractivity contribution in [2.24, 2.45) is 4.99 Å². The van der Waals surface area contributed by atoms with E-state index in [0.717, 1.165) is 47.3 Å². The molecule has 1 aliphatic rings. The molecule has 114 valence electrons. The second-order valence-electron chi connectivity index (χ2n) is 5.63. The fraction of sp³-hybridized carbons (Fsp3) is 0.167. The number of hydrogen-bond donors (Lipinski definition) is 2. The zero-order chi connectivity index (χ0) is 15.6. The Labute approximate surface area is 132 Å². The molecule has 0 spiro atoms. The molecule has 0 unspecified atom stereocenters. The lowest BCUT2D eigenvalue weighted by Gasteiger charge is -2.16. The Balaban J connectivity index is 1.76. The minimum Gasteiger partial charge on any atom is -0.306 e. The van der Waals surface area contributed by atoms with Gasteiger partial charge in [0.05, 0.1) is 16.7 Å². The SMILES string of the molecule is O=c1[nH]c2ccc(C=C3CCCN=C3c3cccnc3)cc2[nH]1. The molecule has 0 fully saturated rings. The predicted molar refractivity (Wildman–Crippen MR) is 91.8 cm³/mol. The number of aromatic nitrogens is 3. The van der Waals surface area contributed by atoms with Crippen LogP contribution in [0.25, 0.3) is 17.1 Å². The Kier molecular flexibility index (Phi) is 3.38. The summed E-state index contributed by atoms with van der Waals surface area (Å²) in [6.45, 7) is 0.853. The third-order valence-electron chi connectivity index (χ3n) is 3.99. The van der Waals surface area contributed by atoms with Crippen LogP contribution in [0.2, 0.25) is 0 Å².